The number of fused-ring (bicyclic) bond motifs is 9. The summed E-state index contributed by atoms with van der Waals surface area (Å²) in [6.45, 7) is 1.63. The second kappa shape index (κ2) is 49.4. The van der Waals surface area contributed by atoms with E-state index in [9.17, 15) is 0 Å². The van der Waals surface area contributed by atoms with Crippen LogP contribution in [-0.2, 0) is 95.7 Å². The van der Waals surface area contributed by atoms with Crippen LogP contribution in [0.4, 0.5) is 0 Å². The van der Waals surface area contributed by atoms with Crippen molar-refractivity contribution in [2.75, 3.05) is 0 Å². The minimum atomic E-state index is -4.44. The molecule has 12 aromatic heterocycles. The van der Waals surface area contributed by atoms with Crippen LogP contribution >= 0.6 is 0 Å². The number of hydrogen-bond acceptors (Lipinski definition) is 12. The van der Waals surface area contributed by atoms with Crippen LogP contribution in [0.1, 0.15) is 299 Å². The van der Waals surface area contributed by atoms with Crippen molar-refractivity contribution in [2.45, 2.75) is 296 Å². The summed E-state index contributed by atoms with van der Waals surface area (Å²) in [7, 11) is -7.85. The van der Waals surface area contributed by atoms with Gasteiger partial charge in [-0.25, -0.2) is 15.0 Å². The molecule has 12 heterocycles. The molecule has 1 saturated carbocycles. The topological polar surface area (TPSA) is 155 Å². The van der Waals surface area contributed by atoms with Gasteiger partial charge in [0.05, 0.1) is 41.0 Å². The van der Waals surface area contributed by atoms with Gasteiger partial charge in [-0.1, -0.05) is 294 Å². The molecule has 0 bridgehead atoms. The Hall–Kier alpha value is -10.3. The summed E-state index contributed by atoms with van der Waals surface area (Å²) in [6.07, 6.45) is 2.33. The monoisotopic (exact) mass is 2600 g/mol. The summed E-state index contributed by atoms with van der Waals surface area (Å²) >= 11 is 0. The van der Waals surface area contributed by atoms with Gasteiger partial charge in [0.15, 0.2) is 0 Å². The SMILES string of the molecule is [2H]C([2H])([2H])C(C)(C)C([2H])([2H])c1cc(-c2[c-]cccc2)ncc1[Si](C)(C([2H])([2H])[2H])C([2H])([2H])[2H].[2H]C([2H])([2H])C([2H])([2H])C(c1ccnc(-c2[c-]ccc3c2oc2nc(C(C([2H])([2H])[2H])(C([2H])([2H])[2H])C([2H])([2H])[2H])ccc23)c1)(C([2H])([2H])[2H])C([2H])([2H])C([2H])([2H])[2H].[2H]C([2H])([2H])c1ccc2c(n1)oc1c(-c3cc(C(C)(C)C4CCCC4)ccn3)[c-]ccc12.[2H]C([2H])([2H])c1ccc2c(n1)oc1c(-c3cc(C([2H])(CC)CC)ccn3)[c-]ccc12.[2H]C([2H])(c1cc(-c2[c-]cccc2)ncc1[Si](C)(C)C)C(C)(C)C.[2H]C([2H])(c1cc(-c2[c-]cccc2)ncc1[Si](C)(C)C)C(C)(C)C.[Ir].[Ir].[Ir]. The standard InChI is InChI=1S/C26H29N2O.C25H25N2O.C22H21N2O.3C19H26NSi.3Ir/c1-7-26(6,8-2)17-14-15-27-21(16-17)20-11-9-10-18-19-12-13-22(25(3,4)5)28-24(19)29-23(18)20;1-16-11-12-20-19-9-6-10-21(23(19)28-24(20)27-16)22-15-18(13-14-26-22)25(2,3)17-7-4-5-8-17;1-4-15(5-2)16-11-12-23-20(13-16)19-8-6-7-17-18-10-9-14(3)24-22(18)25-21(17)19;3*1-19(2,3)13-16-12-17(15-10-8-7-9-11-15)20-14-18(16)21(4,5)6;;;/h9-10,12-16H,7-8H2,1-6H3;6,9,11-15,17H,4-5,7-8H2,1-3H3;6-7,9-13,15H,4-5H2,1-3H3;3*7-10,12,14H,13H2,1-6H3;;;/q6*-1;;;/i1D3,2D3,3D3,4D3,5D3,6D3,7D2,8D2;1D3;3D3,15D;1D3,4D3,5D3,13D2;2*13D2;;;. The zero-order chi connectivity index (χ0) is 142. The van der Waals surface area contributed by atoms with Crippen molar-refractivity contribution < 1.29 is 134 Å². The van der Waals surface area contributed by atoms with Crippen molar-refractivity contribution in [2.24, 2.45) is 22.2 Å². The maximum atomic E-state index is 8.84. The molecule has 0 unspecified atom stereocenters. The molecule has 12 nitrogen and oxygen atoms in total. The molecule has 18 heteroatoms. The van der Waals surface area contributed by atoms with E-state index in [0.29, 0.717) is 52.5 Å². The molecule has 1 aliphatic rings. The Morgan fingerprint density at radius 1 is 0.392 bits per heavy atom. The average Bonchev–Trinajstić information content (AvgIpc) is 1.45. The number of benzene rings is 6. The van der Waals surface area contributed by atoms with Gasteiger partial charge in [0, 0.05) is 196 Å². The van der Waals surface area contributed by atoms with E-state index < -0.39 is 181 Å². The van der Waals surface area contributed by atoms with Crippen LogP contribution in [0.25, 0.3) is 134 Å². The fourth-order valence-electron chi connectivity index (χ4n) is 17.4. The van der Waals surface area contributed by atoms with Crippen molar-refractivity contribution in [3.05, 3.63) is 324 Å². The van der Waals surface area contributed by atoms with Gasteiger partial charge in [-0.15, -0.1) is 162 Å². The van der Waals surface area contributed by atoms with Crippen molar-refractivity contribution in [1.82, 2.24) is 44.9 Å². The molecule has 0 N–H and O–H groups in total. The number of aryl methyl sites for hydroxylation is 2. The largest absolute Gasteiger partial charge is 0.486 e. The van der Waals surface area contributed by atoms with Gasteiger partial charge in [-0.05, 0) is 226 Å². The molecule has 3 radical (unpaired) electrons. The van der Waals surface area contributed by atoms with Gasteiger partial charge in [0.2, 0.25) is 17.1 Å². The first-order valence-electron chi connectivity index (χ1n) is 70.3. The van der Waals surface area contributed by atoms with E-state index in [2.05, 4.69) is 147 Å². The zero-order valence-corrected chi connectivity index (χ0v) is 96.8. The van der Waals surface area contributed by atoms with E-state index in [1.807, 2.05) is 165 Å². The Balaban J connectivity index is 0.000000217. The molecule has 781 valence electrons. The van der Waals surface area contributed by atoms with E-state index >= 15 is 0 Å². The molecule has 0 spiro atoms. The summed E-state index contributed by atoms with van der Waals surface area (Å²) in [5, 5.41) is 5.50. The van der Waals surface area contributed by atoms with Crippen LogP contribution in [0.2, 0.25) is 58.8 Å². The van der Waals surface area contributed by atoms with E-state index in [1.54, 1.807) is 54.7 Å². The summed E-state index contributed by atoms with van der Waals surface area (Å²) in [4.78, 5) is 39.2. The van der Waals surface area contributed by atoms with Gasteiger partial charge < -0.3 is 43.2 Å². The molecule has 6 aromatic carbocycles. The Bertz CT molecular complexity index is 9280. The third kappa shape index (κ3) is 29.3. The van der Waals surface area contributed by atoms with Crippen LogP contribution in [0.15, 0.2) is 251 Å². The number of pyridine rings is 9. The van der Waals surface area contributed by atoms with Crippen LogP contribution in [0.3, 0.4) is 0 Å². The fourth-order valence-corrected chi connectivity index (χ4v) is 21.2. The second-order valence-electron chi connectivity index (χ2n) is 41.6. The zero-order valence-electron chi connectivity index (χ0n) is 131. The number of furan rings is 3. The molecular weight excluding hydrogens is 2400 g/mol. The smallest absolute Gasteiger partial charge is 0.216 e. The first-order valence-corrected chi connectivity index (χ1v) is 57.8. The molecule has 18 aromatic rings. The number of hydrogen-bond donors (Lipinski definition) is 0. The Morgan fingerprint density at radius 2 is 0.784 bits per heavy atom. The quantitative estimate of drug-likeness (QED) is 0.0527. The minimum Gasteiger partial charge on any atom is -0.486 e. The van der Waals surface area contributed by atoms with Crippen LogP contribution in [0, 0.1) is 72.3 Å². The Kier molecular flexibility index (Phi) is 23.4. The Labute approximate surface area is 989 Å². The third-order valence-electron chi connectivity index (χ3n) is 24.8. The average molecular weight is 2590 g/mol. The number of rotatable bonds is 20. The number of aromatic nitrogens is 9. The predicted molar refractivity (Wildman–Crippen MR) is 619 cm³/mol. The summed E-state index contributed by atoms with van der Waals surface area (Å²) in [6, 6.07) is 74.3. The maximum Gasteiger partial charge on any atom is 0.216 e. The van der Waals surface area contributed by atoms with E-state index in [-0.39, 0.29) is 127 Å². The first-order chi connectivity index (χ1) is 86.2. The van der Waals surface area contributed by atoms with Crippen molar-refractivity contribution in [3.8, 4) is 67.5 Å². The molecule has 1 aliphatic carbocycles. The summed E-state index contributed by atoms with van der Waals surface area (Å²) in [5.41, 5.74) is -0.773. The van der Waals surface area contributed by atoms with Crippen LogP contribution < -0.4 is 15.6 Å². The Morgan fingerprint density at radius 3 is 1.16 bits per heavy atom. The fraction of sp³-hybridized carbons (Fsp3) is 0.377. The van der Waals surface area contributed by atoms with Gasteiger partial charge in [0.1, 0.15) is 0 Å². The minimum absolute atomic E-state index is 0. The molecule has 0 aliphatic heterocycles. The summed E-state index contributed by atoms with van der Waals surface area (Å²) < 4.78 is 375. The van der Waals surface area contributed by atoms with Gasteiger partial charge in [-0.2, -0.15) is 0 Å². The van der Waals surface area contributed by atoms with E-state index in [4.69, 9.17) is 73.6 Å². The normalized spacial score (nSPS) is 18.6. The molecule has 0 saturated heterocycles. The van der Waals surface area contributed by atoms with E-state index in [1.165, 1.54) is 75.4 Å². The molecule has 0 amide bonds. The first kappa shape index (κ1) is 70.0. The second-order valence-corrected chi connectivity index (χ2v) is 54.5. The molecule has 19 rings (SSSR count). The van der Waals surface area contributed by atoms with Gasteiger partial charge >= 0.3 is 0 Å². The predicted octanol–water partition coefficient (Wildman–Crippen LogP) is 33.9. The molecule has 148 heavy (non-hydrogen) atoms. The molecule has 1 fully saturated rings. The van der Waals surface area contributed by atoms with Gasteiger partial charge in [-0.3, -0.25) is 0 Å². The third-order valence-corrected chi connectivity index (χ3v) is 30.3. The van der Waals surface area contributed by atoms with Crippen molar-refractivity contribution in [3.63, 3.8) is 0 Å². The number of nitrogens with zero attached hydrogens (tertiary/aromatic N) is 9. The summed E-state index contributed by atoms with van der Waals surface area (Å²) in [5.74, 6) is 0.00606. The van der Waals surface area contributed by atoms with Gasteiger partial charge in [0.25, 0.3) is 0 Å². The van der Waals surface area contributed by atoms with Crippen LogP contribution in [-0.4, -0.2) is 69.1 Å². The van der Waals surface area contributed by atoms with Crippen molar-refractivity contribution >= 4 is 106 Å². The molecule has 0 atom stereocenters. The van der Waals surface area contributed by atoms with Crippen LogP contribution in [0.5, 0.6) is 0 Å². The molecular formula is C130H153Ir3N9O3Si3-6. The van der Waals surface area contributed by atoms with Crippen molar-refractivity contribution in [1.29, 1.82) is 0 Å². The van der Waals surface area contributed by atoms with E-state index in [0.717, 1.165) is 120 Å². The maximum absolute atomic E-state index is 8.84.